The van der Waals surface area contributed by atoms with E-state index in [9.17, 15) is 8.78 Å². The minimum absolute atomic E-state index is 0.00995. The molecule has 0 amide bonds. The third kappa shape index (κ3) is 6.40. The number of halogens is 3. The second-order valence-electron chi connectivity index (χ2n) is 10.9. The van der Waals surface area contributed by atoms with Crippen molar-refractivity contribution in [1.82, 2.24) is 0 Å². The van der Waals surface area contributed by atoms with Gasteiger partial charge in [-0.2, -0.15) is 0 Å². The van der Waals surface area contributed by atoms with E-state index in [0.717, 1.165) is 42.2 Å². The average Bonchev–Trinajstić information content (AvgIpc) is 2.87. The summed E-state index contributed by atoms with van der Waals surface area (Å²) in [5.74, 6) is -0.518. The molecule has 3 heteroatoms. The maximum absolute atomic E-state index is 15.0. The van der Waals surface area contributed by atoms with Gasteiger partial charge in [-0.3, -0.25) is 0 Å². The molecule has 1 saturated carbocycles. The number of fused-ring (bicyclic) bond motifs is 1. The van der Waals surface area contributed by atoms with Crippen LogP contribution in [-0.4, -0.2) is 0 Å². The summed E-state index contributed by atoms with van der Waals surface area (Å²) in [6.07, 6.45) is 18.9. The van der Waals surface area contributed by atoms with Crippen LogP contribution in [0.5, 0.6) is 0 Å². The Morgan fingerprint density at radius 1 is 0.771 bits per heavy atom. The predicted molar refractivity (Wildman–Crippen MR) is 140 cm³/mol. The van der Waals surface area contributed by atoms with Gasteiger partial charge in [-0.05, 0) is 72.8 Å². The third-order valence-corrected chi connectivity index (χ3v) is 8.46. The zero-order chi connectivity index (χ0) is 24.8. The molecule has 0 aliphatic heterocycles. The number of unbranched alkanes of at least 4 members (excludes halogenated alkanes) is 3. The lowest BCUT2D eigenvalue weighted by molar-refractivity contribution is 0.248. The van der Waals surface area contributed by atoms with Crippen molar-refractivity contribution >= 4 is 0 Å². The highest BCUT2D eigenvalue weighted by Gasteiger charge is 2.23. The molecule has 0 heterocycles. The maximum Gasteiger partial charge on any atom is 0.167 e. The normalized spacial score (nSPS) is 20.0. The van der Waals surface area contributed by atoms with Gasteiger partial charge >= 0.3 is 0 Å². The molecular formula is C32H41F3. The summed E-state index contributed by atoms with van der Waals surface area (Å²) in [6, 6.07) is 6.34. The fourth-order valence-electron chi connectivity index (χ4n) is 6.11. The van der Waals surface area contributed by atoms with Crippen LogP contribution in [0.1, 0.15) is 101 Å². The molecule has 190 valence electrons. The molecule has 0 radical (unpaired) electrons. The fraction of sp³-hybridized carbons (Fsp3) is 0.562. The number of benzene rings is 2. The minimum atomic E-state index is -0.953. The molecule has 2 aliphatic rings. The molecule has 0 spiro atoms. The van der Waals surface area contributed by atoms with E-state index in [-0.39, 0.29) is 11.1 Å². The molecule has 2 aromatic carbocycles. The molecule has 2 aliphatic carbocycles. The Kier molecular flexibility index (Phi) is 9.14. The van der Waals surface area contributed by atoms with Gasteiger partial charge in [0.15, 0.2) is 11.6 Å². The molecule has 0 N–H and O–H groups in total. The second-order valence-corrected chi connectivity index (χ2v) is 10.9. The van der Waals surface area contributed by atoms with Gasteiger partial charge in [0.2, 0.25) is 0 Å². The number of aryl methyl sites for hydroxylation is 1. The Balaban J connectivity index is 1.32. The van der Waals surface area contributed by atoms with Crippen LogP contribution in [0.4, 0.5) is 13.2 Å². The summed E-state index contributed by atoms with van der Waals surface area (Å²) < 4.78 is 44.0. The Bertz CT molecular complexity index is 1030. The standard InChI is InChI=1S/C32H41F3/c1-3-5-6-7-8-22-9-11-23(12-10-22)13-14-24-15-16-26-20-29(30(33)21-27(26)19-24)28-18-17-25(4-2)31(34)32(28)35/h15,17-18,20-23H,3-14,16,19H2,1-2H3. The Labute approximate surface area is 210 Å². The lowest BCUT2D eigenvalue weighted by Crippen LogP contribution is -2.15. The van der Waals surface area contributed by atoms with Crippen molar-refractivity contribution in [3.05, 3.63) is 70.1 Å². The molecule has 4 rings (SSSR count). The highest BCUT2D eigenvalue weighted by atomic mass is 19.2. The molecule has 0 nitrogen and oxygen atoms in total. The van der Waals surface area contributed by atoms with Crippen LogP contribution in [0, 0.1) is 29.3 Å². The van der Waals surface area contributed by atoms with Gasteiger partial charge in [0, 0.05) is 11.1 Å². The molecule has 0 atom stereocenters. The van der Waals surface area contributed by atoms with Gasteiger partial charge in [-0.1, -0.05) is 95.4 Å². The minimum Gasteiger partial charge on any atom is -0.206 e. The van der Waals surface area contributed by atoms with E-state index in [2.05, 4.69) is 13.0 Å². The van der Waals surface area contributed by atoms with Crippen molar-refractivity contribution in [1.29, 1.82) is 0 Å². The molecule has 0 bridgehead atoms. The van der Waals surface area contributed by atoms with Gasteiger partial charge < -0.3 is 0 Å². The van der Waals surface area contributed by atoms with Crippen molar-refractivity contribution in [2.75, 3.05) is 0 Å². The van der Waals surface area contributed by atoms with Crippen LogP contribution in [-0.2, 0) is 19.3 Å². The first-order valence-electron chi connectivity index (χ1n) is 14.0. The van der Waals surface area contributed by atoms with Crippen LogP contribution < -0.4 is 0 Å². The van der Waals surface area contributed by atoms with E-state index in [4.69, 9.17) is 0 Å². The van der Waals surface area contributed by atoms with E-state index >= 15 is 4.39 Å². The number of hydrogen-bond acceptors (Lipinski definition) is 0. The van der Waals surface area contributed by atoms with E-state index in [0.29, 0.717) is 12.0 Å². The highest BCUT2D eigenvalue weighted by molar-refractivity contribution is 5.67. The van der Waals surface area contributed by atoms with Crippen LogP contribution >= 0.6 is 0 Å². The lowest BCUT2D eigenvalue weighted by Gasteiger charge is -2.29. The van der Waals surface area contributed by atoms with Gasteiger partial charge in [0.05, 0.1) is 0 Å². The first-order valence-corrected chi connectivity index (χ1v) is 14.0. The summed E-state index contributed by atoms with van der Waals surface area (Å²) in [6.45, 7) is 4.05. The molecule has 0 aromatic heterocycles. The highest BCUT2D eigenvalue weighted by Crippen LogP contribution is 2.37. The number of allylic oxidation sites excluding steroid dienone is 2. The van der Waals surface area contributed by atoms with Gasteiger partial charge in [-0.25, -0.2) is 13.2 Å². The molecule has 35 heavy (non-hydrogen) atoms. The van der Waals surface area contributed by atoms with Gasteiger partial charge in [-0.15, -0.1) is 0 Å². The molecule has 2 aromatic rings. The Morgan fingerprint density at radius 3 is 2.23 bits per heavy atom. The van der Waals surface area contributed by atoms with Crippen molar-refractivity contribution in [2.24, 2.45) is 11.8 Å². The summed E-state index contributed by atoms with van der Waals surface area (Å²) in [7, 11) is 0. The summed E-state index contributed by atoms with van der Waals surface area (Å²) in [5.41, 5.74) is 3.90. The van der Waals surface area contributed by atoms with Crippen LogP contribution in [0.2, 0.25) is 0 Å². The SMILES string of the molecule is CCCCCCC1CCC(CCC2=CCc3cc(-c4ccc(CC)c(F)c4F)c(F)cc3C2)CC1. The lowest BCUT2D eigenvalue weighted by atomic mass is 9.77. The van der Waals surface area contributed by atoms with Gasteiger partial charge in [0.25, 0.3) is 0 Å². The van der Waals surface area contributed by atoms with Crippen molar-refractivity contribution in [3.8, 4) is 11.1 Å². The maximum atomic E-state index is 15.0. The third-order valence-electron chi connectivity index (χ3n) is 8.46. The van der Waals surface area contributed by atoms with E-state index < -0.39 is 17.5 Å². The quantitative estimate of drug-likeness (QED) is 0.233. The van der Waals surface area contributed by atoms with E-state index in [1.54, 1.807) is 25.1 Å². The largest absolute Gasteiger partial charge is 0.206 e. The monoisotopic (exact) mass is 482 g/mol. The smallest absolute Gasteiger partial charge is 0.167 e. The van der Waals surface area contributed by atoms with Crippen molar-refractivity contribution in [2.45, 2.75) is 104 Å². The van der Waals surface area contributed by atoms with Crippen LogP contribution in [0.3, 0.4) is 0 Å². The predicted octanol–water partition coefficient (Wildman–Crippen LogP) is 9.92. The Hall–Kier alpha value is -2.03. The Morgan fingerprint density at radius 2 is 1.51 bits per heavy atom. The molecule has 0 saturated heterocycles. The first kappa shape index (κ1) is 26.0. The van der Waals surface area contributed by atoms with Crippen molar-refractivity contribution < 1.29 is 13.2 Å². The molecule has 0 unspecified atom stereocenters. The first-order chi connectivity index (χ1) is 17.0. The van der Waals surface area contributed by atoms with E-state index in [1.165, 1.54) is 75.8 Å². The number of hydrogen-bond donors (Lipinski definition) is 0. The zero-order valence-electron chi connectivity index (χ0n) is 21.6. The summed E-state index contributed by atoms with van der Waals surface area (Å²) in [5, 5.41) is 0. The topological polar surface area (TPSA) is 0 Å². The number of rotatable bonds is 10. The fourth-order valence-corrected chi connectivity index (χ4v) is 6.11. The van der Waals surface area contributed by atoms with E-state index in [1.807, 2.05) is 0 Å². The van der Waals surface area contributed by atoms with Gasteiger partial charge in [0.1, 0.15) is 5.82 Å². The van der Waals surface area contributed by atoms with Crippen LogP contribution in [0.15, 0.2) is 35.9 Å². The summed E-state index contributed by atoms with van der Waals surface area (Å²) >= 11 is 0. The molecule has 1 fully saturated rings. The van der Waals surface area contributed by atoms with Crippen molar-refractivity contribution in [3.63, 3.8) is 0 Å². The van der Waals surface area contributed by atoms with Crippen LogP contribution in [0.25, 0.3) is 11.1 Å². The zero-order valence-corrected chi connectivity index (χ0v) is 21.6. The summed E-state index contributed by atoms with van der Waals surface area (Å²) in [4.78, 5) is 0. The molecular weight excluding hydrogens is 441 g/mol. The average molecular weight is 483 g/mol. The second kappa shape index (κ2) is 12.3.